The van der Waals surface area contributed by atoms with Crippen molar-refractivity contribution in [2.75, 3.05) is 0 Å². The van der Waals surface area contributed by atoms with Gasteiger partial charge in [0, 0.05) is 11.8 Å². The van der Waals surface area contributed by atoms with Crippen LogP contribution in [0.25, 0.3) is 16.9 Å². The minimum Gasteiger partial charge on any atom is -0.296 e. The first-order chi connectivity index (χ1) is 10.0. The van der Waals surface area contributed by atoms with Gasteiger partial charge in [-0.3, -0.25) is 9.20 Å². The maximum Gasteiger partial charge on any atom is 0.169 e. The molecule has 3 nitrogen and oxygen atoms in total. The lowest BCUT2D eigenvalue weighted by Gasteiger charge is -2.04. The van der Waals surface area contributed by atoms with Gasteiger partial charge >= 0.3 is 0 Å². The van der Waals surface area contributed by atoms with E-state index in [0.717, 1.165) is 23.0 Å². The molecule has 2 heterocycles. The Morgan fingerprint density at radius 3 is 2.62 bits per heavy atom. The first-order valence-electron chi connectivity index (χ1n) is 6.41. The molecule has 3 aromatic rings. The number of aryl methyl sites for hydroxylation is 2. The standard InChI is InChI=1S/C16H12Cl2N2O/c1-9-3-4-12(10(2)5-9)15-14(8-21)20-7-11(17)6-13(18)16(20)19-15/h3-8H,1-2H3. The number of pyridine rings is 1. The van der Waals surface area contributed by atoms with Crippen molar-refractivity contribution in [2.24, 2.45) is 0 Å². The van der Waals surface area contributed by atoms with Crippen molar-refractivity contribution in [3.8, 4) is 11.3 Å². The van der Waals surface area contributed by atoms with E-state index in [4.69, 9.17) is 23.2 Å². The van der Waals surface area contributed by atoms with Gasteiger partial charge in [0.1, 0.15) is 11.4 Å². The number of aldehydes is 1. The van der Waals surface area contributed by atoms with E-state index >= 15 is 0 Å². The molecule has 0 aliphatic carbocycles. The molecular formula is C16H12Cl2N2O. The number of imidazole rings is 1. The van der Waals surface area contributed by atoms with Crippen LogP contribution >= 0.6 is 23.2 Å². The van der Waals surface area contributed by atoms with Crippen LogP contribution in [-0.2, 0) is 0 Å². The molecule has 0 atom stereocenters. The lowest BCUT2D eigenvalue weighted by atomic mass is 10.0. The maximum atomic E-state index is 11.5. The number of nitrogens with zero attached hydrogens (tertiary/aromatic N) is 2. The van der Waals surface area contributed by atoms with E-state index in [-0.39, 0.29) is 0 Å². The highest BCUT2D eigenvalue weighted by Gasteiger charge is 2.17. The summed E-state index contributed by atoms with van der Waals surface area (Å²) in [5.41, 5.74) is 4.72. The normalized spacial score (nSPS) is 11.0. The smallest absolute Gasteiger partial charge is 0.169 e. The number of rotatable bonds is 2. The zero-order valence-corrected chi connectivity index (χ0v) is 13.0. The Balaban J connectivity index is 2.37. The Labute approximate surface area is 132 Å². The summed E-state index contributed by atoms with van der Waals surface area (Å²) in [5, 5.41) is 0.877. The van der Waals surface area contributed by atoms with E-state index in [1.165, 1.54) is 0 Å². The summed E-state index contributed by atoms with van der Waals surface area (Å²) in [7, 11) is 0. The van der Waals surface area contributed by atoms with E-state index in [9.17, 15) is 4.79 Å². The monoisotopic (exact) mass is 318 g/mol. The van der Waals surface area contributed by atoms with Crippen LogP contribution in [0, 0.1) is 13.8 Å². The zero-order chi connectivity index (χ0) is 15.1. The van der Waals surface area contributed by atoms with Crippen molar-refractivity contribution >= 4 is 35.1 Å². The molecule has 0 saturated heterocycles. The Kier molecular flexibility index (Phi) is 3.47. The average molecular weight is 319 g/mol. The van der Waals surface area contributed by atoms with Crippen LogP contribution in [0.3, 0.4) is 0 Å². The summed E-state index contributed by atoms with van der Waals surface area (Å²) < 4.78 is 1.63. The number of fused-ring (bicyclic) bond motifs is 1. The van der Waals surface area contributed by atoms with Gasteiger partial charge in [-0.25, -0.2) is 4.98 Å². The van der Waals surface area contributed by atoms with E-state index in [1.54, 1.807) is 16.7 Å². The highest BCUT2D eigenvalue weighted by molar-refractivity contribution is 6.36. The fraction of sp³-hybridized carbons (Fsp3) is 0.125. The molecule has 1 aromatic carbocycles. The molecule has 2 aromatic heterocycles. The van der Waals surface area contributed by atoms with Crippen LogP contribution in [0.5, 0.6) is 0 Å². The van der Waals surface area contributed by atoms with Crippen molar-refractivity contribution in [3.05, 3.63) is 57.3 Å². The molecular weight excluding hydrogens is 307 g/mol. The summed E-state index contributed by atoms with van der Waals surface area (Å²) >= 11 is 12.2. The number of carbonyl (C=O) groups excluding carboxylic acids is 1. The maximum absolute atomic E-state index is 11.5. The fourth-order valence-electron chi connectivity index (χ4n) is 2.48. The number of halogens is 2. The molecule has 0 fully saturated rings. The number of hydrogen-bond donors (Lipinski definition) is 0. The Bertz CT molecular complexity index is 868. The van der Waals surface area contributed by atoms with Gasteiger partial charge in [-0.05, 0) is 25.5 Å². The fourth-order valence-corrected chi connectivity index (χ4v) is 2.99. The molecule has 0 aliphatic rings. The van der Waals surface area contributed by atoms with Gasteiger partial charge in [0.2, 0.25) is 0 Å². The second-order valence-corrected chi connectivity index (χ2v) is 5.83. The molecule has 0 unspecified atom stereocenters. The first kappa shape index (κ1) is 14.1. The summed E-state index contributed by atoms with van der Waals surface area (Å²) in [6.07, 6.45) is 2.42. The van der Waals surface area contributed by atoms with E-state index in [2.05, 4.69) is 11.1 Å². The minimum atomic E-state index is 0.418. The third-order valence-electron chi connectivity index (χ3n) is 3.43. The molecule has 0 saturated carbocycles. The predicted molar refractivity (Wildman–Crippen MR) is 85.5 cm³/mol. The van der Waals surface area contributed by atoms with Crippen LogP contribution in [0.15, 0.2) is 30.5 Å². The number of carbonyl (C=O) groups is 1. The second-order valence-electron chi connectivity index (χ2n) is 4.98. The summed E-state index contributed by atoms with van der Waals surface area (Å²) in [4.78, 5) is 16.1. The zero-order valence-electron chi connectivity index (χ0n) is 11.5. The third kappa shape index (κ3) is 2.33. The number of aromatic nitrogens is 2. The van der Waals surface area contributed by atoms with Crippen molar-refractivity contribution < 1.29 is 4.79 Å². The Hall–Kier alpha value is -1.84. The molecule has 3 rings (SSSR count). The second kappa shape index (κ2) is 5.17. The molecule has 0 N–H and O–H groups in total. The lowest BCUT2D eigenvalue weighted by Crippen LogP contribution is -1.94. The Morgan fingerprint density at radius 1 is 1.19 bits per heavy atom. The van der Waals surface area contributed by atoms with E-state index in [0.29, 0.717) is 27.1 Å². The van der Waals surface area contributed by atoms with Crippen molar-refractivity contribution in [1.82, 2.24) is 9.38 Å². The van der Waals surface area contributed by atoms with E-state index < -0.39 is 0 Å². The van der Waals surface area contributed by atoms with Gasteiger partial charge < -0.3 is 0 Å². The first-order valence-corrected chi connectivity index (χ1v) is 7.16. The largest absolute Gasteiger partial charge is 0.296 e. The lowest BCUT2D eigenvalue weighted by molar-refractivity contribution is 0.111. The van der Waals surface area contributed by atoms with E-state index in [1.807, 2.05) is 26.0 Å². The van der Waals surface area contributed by atoms with Crippen LogP contribution in [0.2, 0.25) is 10.0 Å². The molecule has 0 amide bonds. The Morgan fingerprint density at radius 2 is 1.95 bits per heavy atom. The van der Waals surface area contributed by atoms with Gasteiger partial charge in [0.15, 0.2) is 11.9 Å². The van der Waals surface area contributed by atoms with Gasteiger partial charge in [0.05, 0.1) is 10.0 Å². The van der Waals surface area contributed by atoms with Crippen molar-refractivity contribution in [3.63, 3.8) is 0 Å². The predicted octanol–water partition coefficient (Wildman–Crippen LogP) is 4.74. The minimum absolute atomic E-state index is 0.418. The number of hydrogen-bond acceptors (Lipinski definition) is 2. The van der Waals surface area contributed by atoms with Crippen molar-refractivity contribution in [1.29, 1.82) is 0 Å². The highest BCUT2D eigenvalue weighted by atomic mass is 35.5. The third-order valence-corrected chi connectivity index (χ3v) is 3.91. The quantitative estimate of drug-likeness (QED) is 0.640. The van der Waals surface area contributed by atoms with Crippen LogP contribution < -0.4 is 0 Å². The molecule has 0 spiro atoms. The molecule has 0 aliphatic heterocycles. The van der Waals surface area contributed by atoms with Crippen LogP contribution in [-0.4, -0.2) is 15.7 Å². The topological polar surface area (TPSA) is 34.4 Å². The number of benzene rings is 1. The summed E-state index contributed by atoms with van der Waals surface area (Å²) in [6.45, 7) is 4.02. The highest BCUT2D eigenvalue weighted by Crippen LogP contribution is 2.30. The molecule has 0 radical (unpaired) electrons. The van der Waals surface area contributed by atoms with Crippen LogP contribution in [0.1, 0.15) is 21.6 Å². The molecule has 21 heavy (non-hydrogen) atoms. The van der Waals surface area contributed by atoms with Crippen LogP contribution in [0.4, 0.5) is 0 Å². The van der Waals surface area contributed by atoms with Gasteiger partial charge in [-0.2, -0.15) is 0 Å². The average Bonchev–Trinajstić information content (AvgIpc) is 2.77. The summed E-state index contributed by atoms with van der Waals surface area (Å²) in [5.74, 6) is 0. The summed E-state index contributed by atoms with van der Waals surface area (Å²) in [6, 6.07) is 7.64. The van der Waals surface area contributed by atoms with Gasteiger partial charge in [0.25, 0.3) is 0 Å². The van der Waals surface area contributed by atoms with Gasteiger partial charge in [-0.1, -0.05) is 47.0 Å². The molecule has 5 heteroatoms. The SMILES string of the molecule is Cc1ccc(-c2nc3c(Cl)cc(Cl)cn3c2C=O)c(C)c1. The van der Waals surface area contributed by atoms with Gasteiger partial charge in [-0.15, -0.1) is 0 Å². The molecule has 106 valence electrons. The van der Waals surface area contributed by atoms with Crippen molar-refractivity contribution in [2.45, 2.75) is 13.8 Å². The molecule has 0 bridgehead atoms.